The fourth-order valence-corrected chi connectivity index (χ4v) is 1.25. The van der Waals surface area contributed by atoms with Gasteiger partial charge in [0.1, 0.15) is 0 Å². The highest BCUT2D eigenvalue weighted by atomic mass is 79.9. The number of terminal acetylenes is 1. The zero-order chi connectivity index (χ0) is 8.20. The second-order valence-corrected chi connectivity index (χ2v) is 10.5. The van der Waals surface area contributed by atoms with Crippen LogP contribution in [0.25, 0.3) is 0 Å². The second-order valence-electron chi connectivity index (χ2n) is 3.29. The lowest BCUT2D eigenvalue weighted by Crippen LogP contribution is -2.31. The van der Waals surface area contributed by atoms with Crippen molar-refractivity contribution in [2.75, 3.05) is 0 Å². The maximum Gasteiger partial charge on any atom is 0.0643 e. The molecular formula is C8H13BrSi. The van der Waals surface area contributed by atoms with Crippen LogP contribution in [0.3, 0.4) is 0 Å². The van der Waals surface area contributed by atoms with E-state index < -0.39 is 8.07 Å². The van der Waals surface area contributed by atoms with Crippen LogP contribution in [0.15, 0.2) is 12.2 Å². The molecule has 0 heterocycles. The van der Waals surface area contributed by atoms with Crippen molar-refractivity contribution >= 4 is 24.0 Å². The van der Waals surface area contributed by atoms with Gasteiger partial charge in [-0.25, -0.2) is 0 Å². The van der Waals surface area contributed by atoms with Gasteiger partial charge in [-0.3, -0.25) is 0 Å². The molecule has 0 aromatic carbocycles. The summed E-state index contributed by atoms with van der Waals surface area (Å²) in [4.78, 5) is 0. The quantitative estimate of drug-likeness (QED) is 0.379. The number of hydrogen-bond donors (Lipinski definition) is 0. The molecule has 56 valence electrons. The van der Waals surface area contributed by atoms with Crippen LogP contribution < -0.4 is 0 Å². The third kappa shape index (κ3) is 3.92. The van der Waals surface area contributed by atoms with E-state index in [9.17, 15) is 0 Å². The number of rotatable bonds is 2. The molecule has 0 rings (SSSR count). The molecule has 0 saturated heterocycles. The molecule has 0 N–H and O–H groups in total. The summed E-state index contributed by atoms with van der Waals surface area (Å²) in [7, 11) is -1.06. The van der Waals surface area contributed by atoms with Gasteiger partial charge in [-0.05, 0) is 6.08 Å². The van der Waals surface area contributed by atoms with Gasteiger partial charge in [0.2, 0.25) is 0 Å². The first kappa shape index (κ1) is 10.00. The van der Waals surface area contributed by atoms with Crippen molar-refractivity contribution in [3.8, 4) is 12.3 Å². The van der Waals surface area contributed by atoms with Crippen LogP contribution in [0.5, 0.6) is 0 Å². The van der Waals surface area contributed by atoms with Crippen molar-refractivity contribution in [2.24, 2.45) is 0 Å². The summed E-state index contributed by atoms with van der Waals surface area (Å²) in [5.74, 6) is 2.48. The average Bonchev–Trinajstić information content (AvgIpc) is 1.80. The van der Waals surface area contributed by atoms with E-state index in [0.29, 0.717) is 4.45 Å². The second kappa shape index (κ2) is 4.00. The van der Waals surface area contributed by atoms with Crippen molar-refractivity contribution in [1.29, 1.82) is 0 Å². The minimum Gasteiger partial charge on any atom is -0.115 e. The molecule has 1 atom stereocenters. The average molecular weight is 217 g/mol. The summed E-state index contributed by atoms with van der Waals surface area (Å²) in [6.45, 7) is 6.90. The van der Waals surface area contributed by atoms with Gasteiger partial charge in [0, 0.05) is 4.45 Å². The Hall–Kier alpha value is -0.00312. The van der Waals surface area contributed by atoms with Gasteiger partial charge in [-0.1, -0.05) is 47.6 Å². The zero-order valence-corrected chi connectivity index (χ0v) is 9.27. The van der Waals surface area contributed by atoms with E-state index in [4.69, 9.17) is 6.42 Å². The first-order chi connectivity index (χ1) is 4.48. The van der Waals surface area contributed by atoms with Crippen LogP contribution in [0.4, 0.5) is 0 Å². The first-order valence-corrected chi connectivity index (χ1v) is 7.74. The Labute approximate surface area is 72.9 Å². The Morgan fingerprint density at radius 1 is 1.50 bits per heavy atom. The van der Waals surface area contributed by atoms with Crippen molar-refractivity contribution in [3.63, 3.8) is 0 Å². The molecule has 0 aliphatic heterocycles. The van der Waals surface area contributed by atoms with Crippen molar-refractivity contribution < 1.29 is 0 Å². The summed E-state index contributed by atoms with van der Waals surface area (Å²) in [6, 6.07) is 0. The summed E-state index contributed by atoms with van der Waals surface area (Å²) in [5.41, 5.74) is 0. The molecule has 0 aliphatic rings. The van der Waals surface area contributed by atoms with Gasteiger partial charge in [-0.15, -0.1) is 6.42 Å². The predicted octanol–water partition coefficient (Wildman–Crippen LogP) is 2.82. The normalized spacial score (nSPS) is 15.1. The minimum absolute atomic E-state index is 0.496. The van der Waals surface area contributed by atoms with Crippen molar-refractivity contribution in [3.05, 3.63) is 12.2 Å². The van der Waals surface area contributed by atoms with E-state index in [1.807, 2.05) is 6.08 Å². The van der Waals surface area contributed by atoms with Crippen molar-refractivity contribution in [1.82, 2.24) is 0 Å². The van der Waals surface area contributed by atoms with Crippen LogP contribution in [-0.4, -0.2) is 12.5 Å². The van der Waals surface area contributed by atoms with Crippen LogP contribution in [0.2, 0.25) is 19.6 Å². The van der Waals surface area contributed by atoms with Crippen LogP contribution in [-0.2, 0) is 0 Å². The highest BCUT2D eigenvalue weighted by Crippen LogP contribution is 2.16. The van der Waals surface area contributed by atoms with Gasteiger partial charge in [0.25, 0.3) is 0 Å². The molecule has 0 bridgehead atoms. The van der Waals surface area contributed by atoms with Gasteiger partial charge in [-0.2, -0.15) is 0 Å². The van der Waals surface area contributed by atoms with E-state index in [-0.39, 0.29) is 0 Å². The third-order valence-corrected chi connectivity index (χ3v) is 7.46. The Balaban J connectivity index is 4.00. The highest BCUT2D eigenvalue weighted by Gasteiger charge is 2.20. The first-order valence-electron chi connectivity index (χ1n) is 3.25. The maximum atomic E-state index is 5.08. The third-order valence-electron chi connectivity index (χ3n) is 1.19. The van der Waals surface area contributed by atoms with Crippen LogP contribution >= 0.6 is 15.9 Å². The Morgan fingerprint density at radius 2 is 2.00 bits per heavy atom. The fourth-order valence-electron chi connectivity index (χ4n) is 0.429. The number of allylic oxidation sites excluding steroid dienone is 2. The lowest BCUT2D eigenvalue weighted by Gasteiger charge is -2.19. The summed E-state index contributed by atoms with van der Waals surface area (Å²) in [5, 5.41) is 0. The Kier molecular flexibility index (Phi) is 4.00. The molecule has 1 unspecified atom stereocenters. The smallest absolute Gasteiger partial charge is 0.0643 e. The molecular weight excluding hydrogens is 204 g/mol. The van der Waals surface area contributed by atoms with Crippen LogP contribution in [0.1, 0.15) is 0 Å². The van der Waals surface area contributed by atoms with E-state index in [1.54, 1.807) is 6.08 Å². The van der Waals surface area contributed by atoms with Gasteiger partial charge < -0.3 is 0 Å². The minimum atomic E-state index is -1.06. The number of hydrogen-bond acceptors (Lipinski definition) is 0. The lowest BCUT2D eigenvalue weighted by molar-refractivity contribution is 1.47. The molecule has 0 aromatic rings. The maximum absolute atomic E-state index is 5.08. The molecule has 0 fully saturated rings. The molecule has 0 aliphatic carbocycles. The SMILES string of the molecule is C#C/C=C/C(Br)[Si](C)(C)C. The molecule has 0 saturated carbocycles. The fraction of sp³-hybridized carbons (Fsp3) is 0.500. The Bertz CT molecular complexity index is 159. The summed E-state index contributed by atoms with van der Waals surface area (Å²) < 4.78 is 0.496. The summed E-state index contributed by atoms with van der Waals surface area (Å²) >= 11 is 3.58. The molecule has 10 heavy (non-hydrogen) atoms. The summed E-state index contributed by atoms with van der Waals surface area (Å²) in [6.07, 6.45) is 8.89. The molecule has 2 heteroatoms. The van der Waals surface area contributed by atoms with E-state index in [1.165, 1.54) is 0 Å². The van der Waals surface area contributed by atoms with E-state index >= 15 is 0 Å². The predicted molar refractivity (Wildman–Crippen MR) is 54.0 cm³/mol. The van der Waals surface area contributed by atoms with E-state index in [2.05, 4.69) is 41.5 Å². The Morgan fingerprint density at radius 3 is 2.30 bits per heavy atom. The zero-order valence-electron chi connectivity index (χ0n) is 6.69. The standard InChI is InChI=1S/C8H13BrSi/c1-5-6-7-8(9)10(2,3)4/h1,6-8H,2-4H3/b7-6+. The molecule has 0 spiro atoms. The van der Waals surface area contributed by atoms with Gasteiger partial charge in [0.15, 0.2) is 0 Å². The van der Waals surface area contributed by atoms with Gasteiger partial charge in [0.05, 0.1) is 8.07 Å². The van der Waals surface area contributed by atoms with Crippen LogP contribution in [0, 0.1) is 12.3 Å². The number of alkyl halides is 1. The van der Waals surface area contributed by atoms with Gasteiger partial charge >= 0.3 is 0 Å². The molecule has 0 aromatic heterocycles. The molecule has 0 amide bonds. The largest absolute Gasteiger partial charge is 0.115 e. The molecule has 0 radical (unpaired) electrons. The van der Waals surface area contributed by atoms with E-state index in [0.717, 1.165) is 0 Å². The monoisotopic (exact) mass is 216 g/mol. The van der Waals surface area contributed by atoms with Crippen molar-refractivity contribution in [2.45, 2.75) is 24.1 Å². The molecule has 0 nitrogen and oxygen atoms in total. The lowest BCUT2D eigenvalue weighted by atomic mass is 10.5. The number of halogens is 1. The highest BCUT2D eigenvalue weighted by molar-refractivity contribution is 9.10. The topological polar surface area (TPSA) is 0 Å².